The molecule has 2 rings (SSSR count). The van der Waals surface area contributed by atoms with Crippen LogP contribution in [-0.4, -0.2) is 48.2 Å². The summed E-state index contributed by atoms with van der Waals surface area (Å²) in [5.74, 6) is -0.00616. The molecule has 0 aromatic heterocycles. The molecule has 104 valence electrons. The Labute approximate surface area is 110 Å². The van der Waals surface area contributed by atoms with Gasteiger partial charge in [-0.05, 0) is 58.5 Å². The van der Waals surface area contributed by atoms with Gasteiger partial charge in [0.1, 0.15) is 0 Å². The lowest BCUT2D eigenvalue weighted by Gasteiger charge is -2.27. The van der Waals surface area contributed by atoms with Crippen LogP contribution in [0.1, 0.15) is 39.0 Å². The number of hydrogen-bond donors (Lipinski definition) is 2. The highest BCUT2D eigenvalue weighted by atomic mass is 16.4. The number of nitrogens with zero attached hydrogens (tertiary/aromatic N) is 1. The summed E-state index contributed by atoms with van der Waals surface area (Å²) in [6, 6.07) is 1.31. The number of nitrogens with one attached hydrogen (secondary N) is 1. The highest BCUT2D eigenvalue weighted by Gasteiger charge is 2.28. The van der Waals surface area contributed by atoms with Gasteiger partial charge in [0, 0.05) is 18.6 Å². The predicted octanol–water partition coefficient (Wildman–Crippen LogP) is 1.56. The molecule has 0 spiro atoms. The third-order valence-corrected chi connectivity index (χ3v) is 4.78. The van der Waals surface area contributed by atoms with E-state index in [0.29, 0.717) is 18.0 Å². The second-order valence-corrected chi connectivity index (χ2v) is 6.19. The molecule has 1 saturated heterocycles. The van der Waals surface area contributed by atoms with Crippen LogP contribution in [0.2, 0.25) is 0 Å². The topological polar surface area (TPSA) is 52.6 Å². The molecule has 1 heterocycles. The third-order valence-electron chi connectivity index (χ3n) is 4.78. The second-order valence-electron chi connectivity index (χ2n) is 6.19. The van der Waals surface area contributed by atoms with Crippen molar-refractivity contribution in [2.45, 2.75) is 51.1 Å². The lowest BCUT2D eigenvalue weighted by atomic mass is 9.82. The molecule has 18 heavy (non-hydrogen) atoms. The minimum Gasteiger partial charge on any atom is -0.481 e. The van der Waals surface area contributed by atoms with Gasteiger partial charge in [0.15, 0.2) is 0 Å². The molecule has 2 fully saturated rings. The maximum Gasteiger partial charge on any atom is 0.306 e. The molecular formula is C14H26N2O2. The molecule has 2 aliphatic rings. The molecule has 0 radical (unpaired) electrons. The van der Waals surface area contributed by atoms with Crippen LogP contribution in [0, 0.1) is 11.8 Å². The number of carboxylic acids is 1. The largest absolute Gasteiger partial charge is 0.481 e. The number of hydrogen-bond acceptors (Lipinski definition) is 3. The Morgan fingerprint density at radius 1 is 1.33 bits per heavy atom. The van der Waals surface area contributed by atoms with Gasteiger partial charge in [-0.2, -0.15) is 0 Å². The SMILES string of the molecule is CC1CC(NCC2CCC(C(=O)O)CC2)CN1C. The van der Waals surface area contributed by atoms with Gasteiger partial charge in [0.2, 0.25) is 0 Å². The van der Waals surface area contributed by atoms with Crippen LogP contribution in [-0.2, 0) is 4.79 Å². The summed E-state index contributed by atoms with van der Waals surface area (Å²) in [5.41, 5.74) is 0. The van der Waals surface area contributed by atoms with Crippen molar-refractivity contribution in [1.29, 1.82) is 0 Å². The van der Waals surface area contributed by atoms with Gasteiger partial charge in [0.25, 0.3) is 0 Å². The molecule has 1 aliphatic carbocycles. The maximum atomic E-state index is 10.9. The average molecular weight is 254 g/mol. The summed E-state index contributed by atoms with van der Waals surface area (Å²) in [6.07, 6.45) is 5.11. The first-order valence-electron chi connectivity index (χ1n) is 7.22. The molecule has 0 aromatic carbocycles. The first kappa shape index (κ1) is 13.8. The summed E-state index contributed by atoms with van der Waals surface area (Å²) < 4.78 is 0. The Kier molecular flexibility index (Phi) is 4.62. The van der Waals surface area contributed by atoms with Gasteiger partial charge in [0.05, 0.1) is 5.92 Å². The monoisotopic (exact) mass is 254 g/mol. The van der Waals surface area contributed by atoms with Crippen LogP contribution in [0.4, 0.5) is 0 Å². The molecule has 1 aliphatic heterocycles. The van der Waals surface area contributed by atoms with Crippen molar-refractivity contribution in [3.05, 3.63) is 0 Å². The molecule has 2 N–H and O–H groups in total. The summed E-state index contributed by atoms with van der Waals surface area (Å²) in [6.45, 7) is 4.49. The molecule has 0 amide bonds. The van der Waals surface area contributed by atoms with Crippen molar-refractivity contribution >= 4 is 5.97 Å². The van der Waals surface area contributed by atoms with Crippen molar-refractivity contribution in [2.24, 2.45) is 11.8 Å². The lowest BCUT2D eigenvalue weighted by Crippen LogP contribution is -2.36. The fraction of sp³-hybridized carbons (Fsp3) is 0.929. The number of carbonyl (C=O) groups is 1. The first-order valence-corrected chi connectivity index (χ1v) is 7.22. The first-order chi connectivity index (χ1) is 8.56. The van der Waals surface area contributed by atoms with E-state index in [1.165, 1.54) is 6.42 Å². The smallest absolute Gasteiger partial charge is 0.306 e. The fourth-order valence-corrected chi connectivity index (χ4v) is 3.29. The molecule has 4 heteroatoms. The van der Waals surface area contributed by atoms with Crippen molar-refractivity contribution in [3.8, 4) is 0 Å². The predicted molar refractivity (Wildman–Crippen MR) is 71.6 cm³/mol. The summed E-state index contributed by atoms with van der Waals surface area (Å²) in [5, 5.41) is 12.6. The number of carboxylic acid groups (broad SMARTS) is 1. The van der Waals surface area contributed by atoms with Crippen LogP contribution in [0.5, 0.6) is 0 Å². The summed E-state index contributed by atoms with van der Waals surface area (Å²) in [4.78, 5) is 13.3. The van der Waals surface area contributed by atoms with Crippen LogP contribution in [0.25, 0.3) is 0 Å². The van der Waals surface area contributed by atoms with E-state index in [9.17, 15) is 4.79 Å². The van der Waals surface area contributed by atoms with E-state index in [4.69, 9.17) is 5.11 Å². The Morgan fingerprint density at radius 3 is 2.50 bits per heavy atom. The third kappa shape index (κ3) is 3.45. The fourth-order valence-electron chi connectivity index (χ4n) is 3.29. The van der Waals surface area contributed by atoms with E-state index in [1.54, 1.807) is 0 Å². The van der Waals surface area contributed by atoms with Crippen molar-refractivity contribution in [1.82, 2.24) is 10.2 Å². The standard InChI is InChI=1S/C14H26N2O2/c1-10-7-13(9-16(10)2)15-8-11-3-5-12(6-4-11)14(17)18/h10-13,15H,3-9H2,1-2H3,(H,17,18). The van der Waals surface area contributed by atoms with Gasteiger partial charge in [-0.3, -0.25) is 4.79 Å². The molecular weight excluding hydrogens is 228 g/mol. The Bertz CT molecular complexity index is 278. The van der Waals surface area contributed by atoms with Crippen LogP contribution < -0.4 is 5.32 Å². The minimum atomic E-state index is -0.604. The van der Waals surface area contributed by atoms with Crippen molar-refractivity contribution < 1.29 is 9.90 Å². The van der Waals surface area contributed by atoms with Gasteiger partial charge in [-0.1, -0.05) is 0 Å². The molecule has 2 atom stereocenters. The van der Waals surface area contributed by atoms with E-state index >= 15 is 0 Å². The van der Waals surface area contributed by atoms with Crippen LogP contribution in [0.3, 0.4) is 0 Å². The second kappa shape index (κ2) is 6.02. The summed E-state index contributed by atoms with van der Waals surface area (Å²) >= 11 is 0. The van der Waals surface area contributed by atoms with Gasteiger partial charge in [-0.25, -0.2) is 0 Å². The highest BCUT2D eigenvalue weighted by molar-refractivity contribution is 5.69. The minimum absolute atomic E-state index is 0.0844. The normalized spacial score (nSPS) is 37.9. The number of aliphatic carboxylic acids is 1. The molecule has 2 unspecified atom stereocenters. The number of likely N-dealkylation sites (N-methyl/N-ethyl adjacent to an activating group) is 1. The maximum absolute atomic E-state index is 10.9. The van der Waals surface area contributed by atoms with E-state index in [-0.39, 0.29) is 5.92 Å². The number of rotatable bonds is 4. The van der Waals surface area contributed by atoms with Gasteiger partial charge >= 0.3 is 5.97 Å². The zero-order valence-electron chi connectivity index (χ0n) is 11.6. The number of likely N-dealkylation sites (tertiary alicyclic amines) is 1. The zero-order chi connectivity index (χ0) is 13.1. The highest BCUT2D eigenvalue weighted by Crippen LogP contribution is 2.28. The van der Waals surface area contributed by atoms with E-state index < -0.39 is 5.97 Å². The van der Waals surface area contributed by atoms with E-state index in [0.717, 1.165) is 38.8 Å². The Morgan fingerprint density at radius 2 is 2.00 bits per heavy atom. The average Bonchev–Trinajstić information content (AvgIpc) is 2.67. The zero-order valence-corrected chi connectivity index (χ0v) is 11.6. The van der Waals surface area contributed by atoms with Gasteiger partial charge < -0.3 is 15.3 Å². The molecule has 0 bridgehead atoms. The van der Waals surface area contributed by atoms with Crippen LogP contribution >= 0.6 is 0 Å². The Balaban J connectivity index is 1.65. The van der Waals surface area contributed by atoms with Crippen molar-refractivity contribution in [3.63, 3.8) is 0 Å². The quantitative estimate of drug-likeness (QED) is 0.799. The van der Waals surface area contributed by atoms with Crippen LogP contribution in [0.15, 0.2) is 0 Å². The Hall–Kier alpha value is -0.610. The van der Waals surface area contributed by atoms with Gasteiger partial charge in [-0.15, -0.1) is 0 Å². The van der Waals surface area contributed by atoms with Crippen molar-refractivity contribution in [2.75, 3.05) is 20.1 Å². The molecule has 1 saturated carbocycles. The summed E-state index contributed by atoms with van der Waals surface area (Å²) in [7, 11) is 2.18. The molecule has 4 nitrogen and oxygen atoms in total. The molecule has 0 aromatic rings. The van der Waals surface area contributed by atoms with E-state index in [1.807, 2.05) is 0 Å². The lowest BCUT2D eigenvalue weighted by molar-refractivity contribution is -0.143. The van der Waals surface area contributed by atoms with E-state index in [2.05, 4.69) is 24.2 Å².